The standard InChI is InChI=1S/C15H25N5O/c1-2-18-4-3-14-13(11-18)15(17-12-16-14)20-7-5-19(6-8-20)9-10-21/h12,21H,2-11H2,1H3. The van der Waals surface area contributed by atoms with Crippen LogP contribution >= 0.6 is 0 Å². The third-order valence-corrected chi connectivity index (χ3v) is 4.59. The maximum Gasteiger partial charge on any atom is 0.136 e. The number of anilines is 1. The molecule has 1 fully saturated rings. The lowest BCUT2D eigenvalue weighted by Gasteiger charge is -2.37. The van der Waals surface area contributed by atoms with E-state index >= 15 is 0 Å². The summed E-state index contributed by atoms with van der Waals surface area (Å²) >= 11 is 0. The molecule has 2 aliphatic rings. The normalized spacial score (nSPS) is 20.6. The fourth-order valence-electron chi connectivity index (χ4n) is 3.25. The molecule has 3 rings (SSSR count). The number of hydrogen-bond acceptors (Lipinski definition) is 6. The van der Waals surface area contributed by atoms with Gasteiger partial charge in [0.25, 0.3) is 0 Å². The van der Waals surface area contributed by atoms with E-state index in [1.165, 1.54) is 11.3 Å². The van der Waals surface area contributed by atoms with E-state index < -0.39 is 0 Å². The van der Waals surface area contributed by atoms with Gasteiger partial charge in [0.15, 0.2) is 0 Å². The molecular formula is C15H25N5O. The molecule has 1 N–H and O–H groups in total. The molecule has 21 heavy (non-hydrogen) atoms. The first kappa shape index (κ1) is 14.7. The number of aromatic nitrogens is 2. The summed E-state index contributed by atoms with van der Waals surface area (Å²) in [7, 11) is 0. The minimum absolute atomic E-state index is 0.244. The Labute approximate surface area is 126 Å². The number of nitrogens with zero attached hydrogens (tertiary/aromatic N) is 5. The Morgan fingerprint density at radius 2 is 1.90 bits per heavy atom. The predicted octanol–water partition coefficient (Wildman–Crippen LogP) is -0.0311. The summed E-state index contributed by atoms with van der Waals surface area (Å²) in [6.07, 6.45) is 2.75. The molecule has 116 valence electrons. The number of aliphatic hydroxyl groups excluding tert-OH is 1. The van der Waals surface area contributed by atoms with Crippen molar-refractivity contribution in [3.8, 4) is 0 Å². The average Bonchev–Trinajstić information content (AvgIpc) is 2.55. The van der Waals surface area contributed by atoms with Crippen LogP contribution in [-0.2, 0) is 13.0 Å². The molecule has 0 aliphatic carbocycles. The monoisotopic (exact) mass is 291 g/mol. The lowest BCUT2D eigenvalue weighted by Crippen LogP contribution is -2.48. The van der Waals surface area contributed by atoms with Crippen LogP contribution in [-0.4, -0.2) is 77.3 Å². The molecule has 0 atom stereocenters. The van der Waals surface area contributed by atoms with Gasteiger partial charge in [-0.1, -0.05) is 6.92 Å². The van der Waals surface area contributed by atoms with E-state index in [9.17, 15) is 0 Å². The van der Waals surface area contributed by atoms with Gasteiger partial charge in [0.05, 0.1) is 12.3 Å². The van der Waals surface area contributed by atoms with Gasteiger partial charge in [-0.15, -0.1) is 0 Å². The zero-order chi connectivity index (χ0) is 14.7. The van der Waals surface area contributed by atoms with E-state index in [2.05, 4.69) is 31.6 Å². The third-order valence-electron chi connectivity index (χ3n) is 4.59. The fourth-order valence-corrected chi connectivity index (χ4v) is 3.25. The van der Waals surface area contributed by atoms with Crippen molar-refractivity contribution in [1.82, 2.24) is 19.8 Å². The molecule has 0 amide bonds. The number of likely N-dealkylation sites (N-methyl/N-ethyl adjacent to an activating group) is 1. The molecule has 3 heterocycles. The number of fused-ring (bicyclic) bond motifs is 1. The van der Waals surface area contributed by atoms with Crippen LogP contribution in [0, 0.1) is 0 Å². The number of aliphatic hydroxyl groups is 1. The third kappa shape index (κ3) is 3.17. The van der Waals surface area contributed by atoms with E-state index in [0.717, 1.165) is 64.6 Å². The van der Waals surface area contributed by atoms with Crippen LogP contribution in [0.1, 0.15) is 18.2 Å². The molecule has 0 radical (unpaired) electrons. The molecule has 0 spiro atoms. The number of rotatable bonds is 4. The summed E-state index contributed by atoms with van der Waals surface area (Å²) in [5.74, 6) is 1.13. The van der Waals surface area contributed by atoms with Crippen molar-refractivity contribution in [2.75, 3.05) is 57.3 Å². The highest BCUT2D eigenvalue weighted by Gasteiger charge is 2.25. The summed E-state index contributed by atoms with van der Waals surface area (Å²) in [5.41, 5.74) is 2.55. The van der Waals surface area contributed by atoms with Gasteiger partial charge in [-0.25, -0.2) is 9.97 Å². The Morgan fingerprint density at radius 3 is 2.62 bits per heavy atom. The molecule has 6 heteroatoms. The summed E-state index contributed by atoms with van der Waals surface area (Å²) in [4.78, 5) is 16.2. The van der Waals surface area contributed by atoms with Gasteiger partial charge >= 0.3 is 0 Å². The van der Waals surface area contributed by atoms with E-state index in [0.29, 0.717) is 0 Å². The van der Waals surface area contributed by atoms with Gasteiger partial charge in [-0.3, -0.25) is 9.80 Å². The number of β-amino-alcohol motifs (C(OH)–C–C–N with tert-alkyl or cyclic N) is 1. The van der Waals surface area contributed by atoms with Crippen molar-refractivity contribution in [1.29, 1.82) is 0 Å². The minimum atomic E-state index is 0.244. The highest BCUT2D eigenvalue weighted by atomic mass is 16.3. The van der Waals surface area contributed by atoms with Crippen molar-refractivity contribution in [3.05, 3.63) is 17.6 Å². The van der Waals surface area contributed by atoms with Crippen LogP contribution in [0.4, 0.5) is 5.82 Å². The van der Waals surface area contributed by atoms with E-state index in [1.54, 1.807) is 6.33 Å². The molecule has 0 unspecified atom stereocenters. The quantitative estimate of drug-likeness (QED) is 0.841. The van der Waals surface area contributed by atoms with E-state index in [4.69, 9.17) is 5.11 Å². The zero-order valence-electron chi connectivity index (χ0n) is 12.8. The summed E-state index contributed by atoms with van der Waals surface area (Å²) < 4.78 is 0. The van der Waals surface area contributed by atoms with Gasteiger partial charge in [-0.05, 0) is 6.54 Å². The van der Waals surface area contributed by atoms with Gasteiger partial charge < -0.3 is 10.0 Å². The molecule has 1 saturated heterocycles. The lowest BCUT2D eigenvalue weighted by molar-refractivity contribution is 0.188. The molecule has 2 aliphatic heterocycles. The van der Waals surface area contributed by atoms with Crippen LogP contribution in [0.25, 0.3) is 0 Å². The second kappa shape index (κ2) is 6.68. The molecule has 0 aromatic carbocycles. The van der Waals surface area contributed by atoms with Gasteiger partial charge in [-0.2, -0.15) is 0 Å². The first-order valence-corrected chi connectivity index (χ1v) is 7.95. The van der Waals surface area contributed by atoms with Crippen LogP contribution in [0.3, 0.4) is 0 Å². The number of piperazine rings is 1. The Morgan fingerprint density at radius 1 is 1.10 bits per heavy atom. The Hall–Kier alpha value is -1.24. The highest BCUT2D eigenvalue weighted by Crippen LogP contribution is 2.26. The molecule has 1 aromatic rings. The van der Waals surface area contributed by atoms with Crippen molar-refractivity contribution in [2.24, 2.45) is 0 Å². The zero-order valence-corrected chi connectivity index (χ0v) is 12.8. The maximum atomic E-state index is 9.03. The minimum Gasteiger partial charge on any atom is -0.395 e. The summed E-state index contributed by atoms with van der Waals surface area (Å²) in [6.45, 7) is 10.3. The van der Waals surface area contributed by atoms with E-state index in [1.807, 2.05) is 0 Å². The molecule has 0 saturated carbocycles. The molecular weight excluding hydrogens is 266 g/mol. The molecule has 0 bridgehead atoms. The predicted molar refractivity (Wildman–Crippen MR) is 82.4 cm³/mol. The Balaban J connectivity index is 1.74. The van der Waals surface area contributed by atoms with Crippen LogP contribution in [0.5, 0.6) is 0 Å². The topological polar surface area (TPSA) is 55.7 Å². The largest absolute Gasteiger partial charge is 0.395 e. The lowest BCUT2D eigenvalue weighted by atomic mass is 10.1. The average molecular weight is 291 g/mol. The summed E-state index contributed by atoms with van der Waals surface area (Å²) in [5, 5.41) is 9.03. The first-order valence-electron chi connectivity index (χ1n) is 7.95. The summed E-state index contributed by atoms with van der Waals surface area (Å²) in [6, 6.07) is 0. The van der Waals surface area contributed by atoms with Crippen molar-refractivity contribution < 1.29 is 5.11 Å². The van der Waals surface area contributed by atoms with Gasteiger partial charge in [0, 0.05) is 57.8 Å². The SMILES string of the molecule is CCN1CCc2ncnc(N3CCN(CCO)CC3)c2C1. The van der Waals surface area contributed by atoms with Crippen molar-refractivity contribution in [2.45, 2.75) is 19.9 Å². The maximum absolute atomic E-state index is 9.03. The van der Waals surface area contributed by atoms with Crippen molar-refractivity contribution in [3.63, 3.8) is 0 Å². The van der Waals surface area contributed by atoms with E-state index in [-0.39, 0.29) is 6.61 Å². The fraction of sp³-hybridized carbons (Fsp3) is 0.733. The molecule has 1 aromatic heterocycles. The molecule has 6 nitrogen and oxygen atoms in total. The van der Waals surface area contributed by atoms with Crippen LogP contribution in [0.2, 0.25) is 0 Å². The van der Waals surface area contributed by atoms with Crippen LogP contribution in [0.15, 0.2) is 6.33 Å². The second-order valence-corrected chi connectivity index (χ2v) is 5.79. The van der Waals surface area contributed by atoms with Gasteiger partial charge in [0.2, 0.25) is 0 Å². The first-order chi connectivity index (χ1) is 10.3. The van der Waals surface area contributed by atoms with Crippen LogP contribution < -0.4 is 4.90 Å². The van der Waals surface area contributed by atoms with Gasteiger partial charge in [0.1, 0.15) is 12.1 Å². The number of hydrogen-bond donors (Lipinski definition) is 1. The Bertz CT molecular complexity index is 473. The van der Waals surface area contributed by atoms with Crippen molar-refractivity contribution >= 4 is 5.82 Å². The Kier molecular flexibility index (Phi) is 4.67. The smallest absolute Gasteiger partial charge is 0.136 e. The second-order valence-electron chi connectivity index (χ2n) is 5.79. The highest BCUT2D eigenvalue weighted by molar-refractivity contribution is 5.49.